The van der Waals surface area contributed by atoms with Gasteiger partial charge in [-0.3, -0.25) is 4.90 Å². The minimum Gasteiger partial charge on any atom is -0.375 e. The first-order chi connectivity index (χ1) is 10.5. The van der Waals surface area contributed by atoms with Crippen LogP contribution in [-0.2, 0) is 25.4 Å². The van der Waals surface area contributed by atoms with Crippen molar-refractivity contribution < 1.29 is 4.74 Å². The second-order valence-electron chi connectivity index (χ2n) is 7.36. The molecular weight excluding hydrogens is 312 g/mol. The van der Waals surface area contributed by atoms with Crippen LogP contribution in [0.25, 0.3) is 0 Å². The van der Waals surface area contributed by atoms with Crippen molar-refractivity contribution >= 4 is 20.6 Å². The van der Waals surface area contributed by atoms with Gasteiger partial charge in [0.1, 0.15) is 0 Å². The summed E-state index contributed by atoms with van der Waals surface area (Å²) in [4.78, 5) is 2.52. The highest BCUT2D eigenvalue weighted by molar-refractivity contribution is 8.28. The van der Waals surface area contributed by atoms with Gasteiger partial charge in [0.15, 0.2) is 0 Å². The molecule has 1 aliphatic carbocycles. The Hall–Kier alpha value is 0.450. The van der Waals surface area contributed by atoms with Crippen molar-refractivity contribution in [3.8, 4) is 0 Å². The fourth-order valence-corrected chi connectivity index (χ4v) is 4.80. The van der Waals surface area contributed by atoms with Crippen LogP contribution in [0.3, 0.4) is 0 Å². The SMILES string of the molecule is CC(C)NCC1CCC(OC2CCN(CS(C)=S)CC2)CC1. The van der Waals surface area contributed by atoms with E-state index in [2.05, 4.69) is 30.3 Å². The Morgan fingerprint density at radius 1 is 1.09 bits per heavy atom. The fourth-order valence-electron chi connectivity index (χ4n) is 3.58. The molecule has 0 aromatic carbocycles. The molecule has 1 aliphatic heterocycles. The van der Waals surface area contributed by atoms with Gasteiger partial charge in [-0.25, -0.2) is 0 Å². The molecule has 1 saturated carbocycles. The first kappa shape index (κ1) is 18.8. The molecule has 0 radical (unpaired) electrons. The second kappa shape index (κ2) is 9.67. The predicted octanol–water partition coefficient (Wildman–Crippen LogP) is 2.69. The molecule has 1 atom stereocenters. The van der Waals surface area contributed by atoms with Crippen LogP contribution in [0.4, 0.5) is 0 Å². The van der Waals surface area contributed by atoms with E-state index in [-0.39, 0.29) is 9.45 Å². The van der Waals surface area contributed by atoms with Crippen LogP contribution in [0.5, 0.6) is 0 Å². The van der Waals surface area contributed by atoms with Crippen LogP contribution in [0.15, 0.2) is 0 Å². The van der Waals surface area contributed by atoms with Crippen molar-refractivity contribution in [2.24, 2.45) is 5.92 Å². The quantitative estimate of drug-likeness (QED) is 0.766. The van der Waals surface area contributed by atoms with Gasteiger partial charge in [-0.15, -0.1) is 9.45 Å². The Balaban J connectivity index is 1.60. The Kier molecular flexibility index (Phi) is 8.26. The minimum atomic E-state index is 0.122. The van der Waals surface area contributed by atoms with Gasteiger partial charge >= 0.3 is 0 Å². The van der Waals surface area contributed by atoms with Gasteiger partial charge < -0.3 is 10.1 Å². The predicted molar refractivity (Wildman–Crippen MR) is 100 cm³/mol. The molecule has 0 amide bonds. The molecule has 0 bridgehead atoms. The highest BCUT2D eigenvalue weighted by Gasteiger charge is 2.26. The summed E-state index contributed by atoms with van der Waals surface area (Å²) in [7, 11) is 0.122. The molecule has 1 saturated heterocycles. The molecule has 2 rings (SSSR count). The van der Waals surface area contributed by atoms with Crippen molar-refractivity contribution in [1.82, 2.24) is 10.2 Å². The van der Waals surface area contributed by atoms with Gasteiger partial charge in [0.05, 0.1) is 12.2 Å². The van der Waals surface area contributed by atoms with E-state index in [1.54, 1.807) is 0 Å². The molecule has 0 spiro atoms. The number of nitrogens with zero attached hydrogens (tertiary/aromatic N) is 1. The topological polar surface area (TPSA) is 24.5 Å². The molecule has 0 aromatic heterocycles. The smallest absolute Gasteiger partial charge is 0.0603 e. The zero-order chi connectivity index (χ0) is 15.9. The van der Waals surface area contributed by atoms with E-state index in [0.29, 0.717) is 18.2 Å². The maximum atomic E-state index is 6.39. The fraction of sp³-hybridized carbons (Fsp3) is 1.00. The van der Waals surface area contributed by atoms with Crippen molar-refractivity contribution in [3.05, 3.63) is 0 Å². The third-order valence-electron chi connectivity index (χ3n) is 4.89. The van der Waals surface area contributed by atoms with Crippen molar-refractivity contribution in [2.75, 3.05) is 31.8 Å². The third kappa shape index (κ3) is 6.91. The van der Waals surface area contributed by atoms with E-state index in [1.165, 1.54) is 58.2 Å². The first-order valence-corrected chi connectivity index (χ1v) is 11.7. The van der Waals surface area contributed by atoms with Crippen LogP contribution in [0, 0.1) is 5.92 Å². The lowest BCUT2D eigenvalue weighted by Gasteiger charge is -2.36. The first-order valence-electron chi connectivity index (χ1n) is 8.94. The molecule has 3 nitrogen and oxygen atoms in total. The zero-order valence-electron chi connectivity index (χ0n) is 14.6. The van der Waals surface area contributed by atoms with Gasteiger partial charge in [-0.2, -0.15) is 0 Å². The highest BCUT2D eigenvalue weighted by Crippen LogP contribution is 2.28. The maximum Gasteiger partial charge on any atom is 0.0603 e. The summed E-state index contributed by atoms with van der Waals surface area (Å²) in [6.45, 7) is 7.99. The van der Waals surface area contributed by atoms with Gasteiger partial charge in [0.25, 0.3) is 0 Å². The Morgan fingerprint density at radius 2 is 1.68 bits per heavy atom. The summed E-state index contributed by atoms with van der Waals surface area (Å²) in [5.74, 6) is 1.95. The summed E-state index contributed by atoms with van der Waals surface area (Å²) >= 11 is 5.32. The lowest BCUT2D eigenvalue weighted by Crippen LogP contribution is -2.40. The Morgan fingerprint density at radius 3 is 2.23 bits per heavy atom. The monoisotopic (exact) mass is 346 g/mol. The standard InChI is InChI=1S/C17H34N2OS2/c1-14(2)18-12-15-4-6-16(7-5-15)20-17-8-10-19(11-9-17)13-22(3)21/h14-18H,4-13H2,1-3H3. The molecule has 5 heteroatoms. The lowest BCUT2D eigenvalue weighted by atomic mass is 9.87. The highest BCUT2D eigenvalue weighted by atomic mass is 32.8. The summed E-state index contributed by atoms with van der Waals surface area (Å²) in [5.41, 5.74) is 0. The number of likely N-dealkylation sites (tertiary alicyclic amines) is 1. The number of hydrogen-bond acceptors (Lipinski definition) is 4. The number of nitrogens with one attached hydrogen (secondary N) is 1. The van der Waals surface area contributed by atoms with Gasteiger partial charge in [-0.05, 0) is 57.2 Å². The van der Waals surface area contributed by atoms with Crippen molar-refractivity contribution in [3.63, 3.8) is 0 Å². The van der Waals surface area contributed by atoms with E-state index < -0.39 is 0 Å². The molecule has 130 valence electrons. The van der Waals surface area contributed by atoms with E-state index in [1.807, 2.05) is 0 Å². The van der Waals surface area contributed by atoms with Crippen LogP contribution in [0.2, 0.25) is 0 Å². The maximum absolute atomic E-state index is 6.39. The molecule has 0 aromatic rings. The lowest BCUT2D eigenvalue weighted by molar-refractivity contribution is -0.0590. The van der Waals surface area contributed by atoms with E-state index in [9.17, 15) is 0 Å². The molecule has 22 heavy (non-hydrogen) atoms. The van der Waals surface area contributed by atoms with Crippen LogP contribution in [0.1, 0.15) is 52.4 Å². The molecule has 1 heterocycles. The number of hydrogen-bond donors (Lipinski definition) is 1. The van der Waals surface area contributed by atoms with Crippen molar-refractivity contribution in [1.29, 1.82) is 0 Å². The summed E-state index contributed by atoms with van der Waals surface area (Å²) in [6.07, 6.45) is 10.7. The minimum absolute atomic E-state index is 0.122. The van der Waals surface area contributed by atoms with Crippen LogP contribution < -0.4 is 5.32 Å². The molecule has 1 N–H and O–H groups in total. The Bertz CT molecular complexity index is 336. The molecule has 2 aliphatic rings. The van der Waals surface area contributed by atoms with Crippen molar-refractivity contribution in [2.45, 2.75) is 70.6 Å². The van der Waals surface area contributed by atoms with E-state index >= 15 is 0 Å². The average molecular weight is 347 g/mol. The van der Waals surface area contributed by atoms with Gasteiger partial charge in [0, 0.05) is 25.0 Å². The Labute approximate surface area is 144 Å². The summed E-state index contributed by atoms with van der Waals surface area (Å²) in [5, 5.41) is 3.58. The van der Waals surface area contributed by atoms with Crippen LogP contribution in [-0.4, -0.2) is 54.9 Å². The number of ether oxygens (including phenoxy) is 1. The summed E-state index contributed by atoms with van der Waals surface area (Å²) in [6, 6.07) is 0.609. The second-order valence-corrected chi connectivity index (χ2v) is 10.5. The average Bonchev–Trinajstić information content (AvgIpc) is 2.48. The van der Waals surface area contributed by atoms with E-state index in [0.717, 1.165) is 11.8 Å². The van der Waals surface area contributed by atoms with Gasteiger partial charge in [0.2, 0.25) is 0 Å². The number of piperidine rings is 1. The number of rotatable bonds is 7. The normalized spacial score (nSPS) is 29.8. The zero-order valence-corrected chi connectivity index (χ0v) is 16.2. The van der Waals surface area contributed by atoms with E-state index in [4.69, 9.17) is 15.9 Å². The summed E-state index contributed by atoms with van der Waals surface area (Å²) < 4.78 is 6.39. The molecule has 2 fully saturated rings. The molecular formula is C17H34N2OS2. The molecule has 1 unspecified atom stereocenters. The third-order valence-corrected chi connectivity index (χ3v) is 5.94. The van der Waals surface area contributed by atoms with Crippen LogP contribution >= 0.6 is 0 Å². The van der Waals surface area contributed by atoms with Gasteiger partial charge in [-0.1, -0.05) is 25.0 Å². The largest absolute Gasteiger partial charge is 0.375 e.